The van der Waals surface area contributed by atoms with Crippen molar-refractivity contribution in [2.24, 2.45) is 0 Å². The maximum Gasteiger partial charge on any atom is 0.325 e. The van der Waals surface area contributed by atoms with Crippen molar-refractivity contribution in [1.29, 1.82) is 0 Å². The van der Waals surface area contributed by atoms with E-state index in [2.05, 4.69) is 15.0 Å². The molecule has 2 N–H and O–H groups in total. The normalized spacial score (nSPS) is 9.74. The third-order valence-corrected chi connectivity index (χ3v) is 2.04. The Labute approximate surface area is 106 Å². The first-order valence-electron chi connectivity index (χ1n) is 5.26. The van der Waals surface area contributed by atoms with Gasteiger partial charge < -0.3 is 15.0 Å². The number of hydrogen-bond donors (Lipinski definition) is 2. The second kappa shape index (κ2) is 6.28. The van der Waals surface area contributed by atoms with Gasteiger partial charge in [-0.2, -0.15) is 0 Å². The maximum absolute atomic E-state index is 11.6. The van der Waals surface area contributed by atoms with Crippen molar-refractivity contribution < 1.29 is 19.2 Å². The molecule has 1 amide bonds. The molecular formula is C10H11N3O6. The van der Waals surface area contributed by atoms with Crippen LogP contribution >= 0.6 is 0 Å². The third-order valence-electron chi connectivity index (χ3n) is 2.04. The molecule has 1 aromatic rings. The van der Waals surface area contributed by atoms with Crippen LogP contribution in [0.15, 0.2) is 17.1 Å². The van der Waals surface area contributed by atoms with Crippen LogP contribution in [0.3, 0.4) is 0 Å². The largest absolute Gasteiger partial charge is 0.465 e. The number of amides is 1. The van der Waals surface area contributed by atoms with Crippen LogP contribution in [0, 0.1) is 10.1 Å². The van der Waals surface area contributed by atoms with Gasteiger partial charge in [-0.25, -0.2) is 0 Å². The molecule has 102 valence electrons. The quantitative estimate of drug-likeness (QED) is 0.423. The van der Waals surface area contributed by atoms with E-state index in [0.29, 0.717) is 0 Å². The van der Waals surface area contributed by atoms with Gasteiger partial charge >= 0.3 is 5.97 Å². The van der Waals surface area contributed by atoms with Crippen LogP contribution in [-0.4, -0.2) is 34.9 Å². The second-order valence-corrected chi connectivity index (χ2v) is 3.35. The number of carbonyl (C=O) groups is 2. The van der Waals surface area contributed by atoms with Gasteiger partial charge in [0.2, 0.25) is 0 Å². The third kappa shape index (κ3) is 3.91. The van der Waals surface area contributed by atoms with E-state index in [-0.39, 0.29) is 6.61 Å². The predicted molar refractivity (Wildman–Crippen MR) is 62.7 cm³/mol. The van der Waals surface area contributed by atoms with E-state index in [1.165, 1.54) is 0 Å². The Morgan fingerprint density at radius 2 is 2.21 bits per heavy atom. The smallest absolute Gasteiger partial charge is 0.325 e. The van der Waals surface area contributed by atoms with Gasteiger partial charge in [0.15, 0.2) is 0 Å². The van der Waals surface area contributed by atoms with E-state index >= 15 is 0 Å². The average molecular weight is 269 g/mol. The zero-order valence-corrected chi connectivity index (χ0v) is 9.97. The van der Waals surface area contributed by atoms with Crippen molar-refractivity contribution in [3.05, 3.63) is 38.3 Å². The summed E-state index contributed by atoms with van der Waals surface area (Å²) in [6.45, 7) is 1.34. The van der Waals surface area contributed by atoms with Crippen LogP contribution in [0.25, 0.3) is 0 Å². The van der Waals surface area contributed by atoms with Crippen LogP contribution in [0.4, 0.5) is 5.69 Å². The van der Waals surface area contributed by atoms with E-state index in [9.17, 15) is 24.5 Å². The highest BCUT2D eigenvalue weighted by Crippen LogP contribution is 2.07. The number of carbonyl (C=O) groups excluding carboxylic acids is 2. The molecule has 9 heteroatoms. The lowest BCUT2D eigenvalue weighted by atomic mass is 10.2. The van der Waals surface area contributed by atoms with Crippen molar-refractivity contribution >= 4 is 17.6 Å². The maximum atomic E-state index is 11.6. The Kier molecular flexibility index (Phi) is 4.75. The Hall–Kier alpha value is -2.71. The van der Waals surface area contributed by atoms with Crippen molar-refractivity contribution in [3.63, 3.8) is 0 Å². The molecule has 0 saturated heterocycles. The Morgan fingerprint density at radius 1 is 1.53 bits per heavy atom. The van der Waals surface area contributed by atoms with Crippen molar-refractivity contribution in [2.45, 2.75) is 6.92 Å². The molecule has 9 nitrogen and oxygen atoms in total. The number of ether oxygens (including phenoxy) is 1. The van der Waals surface area contributed by atoms with Crippen LogP contribution in [0.1, 0.15) is 17.3 Å². The second-order valence-electron chi connectivity index (χ2n) is 3.35. The van der Waals surface area contributed by atoms with Crippen molar-refractivity contribution in [1.82, 2.24) is 10.3 Å². The molecule has 0 aliphatic carbocycles. The first-order valence-corrected chi connectivity index (χ1v) is 5.26. The average Bonchev–Trinajstić information content (AvgIpc) is 2.36. The Bertz CT molecular complexity index is 565. The molecule has 0 spiro atoms. The van der Waals surface area contributed by atoms with Crippen molar-refractivity contribution in [3.8, 4) is 0 Å². The predicted octanol–water partition coefficient (Wildman–Crippen LogP) is -0.424. The standard InChI is InChI=1S/C10H11N3O6/c1-2-19-8(14)5-12-10(16)7-3-6(13(17)18)4-11-9(7)15/h3-4H,2,5H2,1H3,(H,11,15)(H,12,16). The number of aromatic amines is 1. The van der Waals surface area contributed by atoms with E-state index < -0.39 is 40.2 Å². The molecule has 0 aliphatic rings. The number of nitrogens with one attached hydrogen (secondary N) is 2. The van der Waals surface area contributed by atoms with Gasteiger partial charge in [0.25, 0.3) is 17.2 Å². The highest BCUT2D eigenvalue weighted by Gasteiger charge is 2.16. The number of nitrogens with zero attached hydrogens (tertiary/aromatic N) is 1. The zero-order chi connectivity index (χ0) is 14.4. The fraction of sp³-hybridized carbons (Fsp3) is 0.300. The number of rotatable bonds is 5. The monoisotopic (exact) mass is 269 g/mol. The summed E-state index contributed by atoms with van der Waals surface area (Å²) in [5, 5.41) is 12.7. The first-order chi connectivity index (χ1) is 8.95. The van der Waals surface area contributed by atoms with Gasteiger partial charge in [0, 0.05) is 6.07 Å². The summed E-state index contributed by atoms with van der Waals surface area (Å²) in [6.07, 6.45) is 0.879. The summed E-state index contributed by atoms with van der Waals surface area (Å²) in [4.78, 5) is 45.8. The summed E-state index contributed by atoms with van der Waals surface area (Å²) in [7, 11) is 0. The summed E-state index contributed by atoms with van der Waals surface area (Å²) in [5.41, 5.74) is -1.66. The lowest BCUT2D eigenvalue weighted by molar-refractivity contribution is -0.385. The van der Waals surface area contributed by atoms with E-state index in [1.807, 2.05) is 0 Å². The molecule has 0 saturated carbocycles. The molecule has 0 bridgehead atoms. The molecular weight excluding hydrogens is 258 g/mol. The number of esters is 1. The Balaban J connectivity index is 2.82. The SMILES string of the molecule is CCOC(=O)CNC(=O)c1cc([N+](=O)[O-])c[nH]c1=O. The van der Waals surface area contributed by atoms with Crippen LogP contribution in [-0.2, 0) is 9.53 Å². The summed E-state index contributed by atoms with van der Waals surface area (Å²) < 4.78 is 4.57. The van der Waals surface area contributed by atoms with Gasteiger partial charge in [-0.15, -0.1) is 0 Å². The fourth-order valence-corrected chi connectivity index (χ4v) is 1.21. The fourth-order valence-electron chi connectivity index (χ4n) is 1.21. The number of aromatic nitrogens is 1. The molecule has 0 unspecified atom stereocenters. The van der Waals surface area contributed by atoms with Gasteiger partial charge in [-0.3, -0.25) is 24.5 Å². The molecule has 0 radical (unpaired) electrons. The number of hydrogen-bond acceptors (Lipinski definition) is 6. The van der Waals surface area contributed by atoms with Gasteiger partial charge in [-0.1, -0.05) is 0 Å². The summed E-state index contributed by atoms with van der Waals surface area (Å²) >= 11 is 0. The van der Waals surface area contributed by atoms with Crippen LogP contribution in [0.5, 0.6) is 0 Å². The first kappa shape index (κ1) is 14.4. The van der Waals surface area contributed by atoms with Gasteiger partial charge in [-0.05, 0) is 6.92 Å². The molecule has 19 heavy (non-hydrogen) atoms. The highest BCUT2D eigenvalue weighted by atomic mass is 16.6. The summed E-state index contributed by atoms with van der Waals surface area (Å²) in [6, 6.07) is 0.833. The van der Waals surface area contributed by atoms with E-state index in [0.717, 1.165) is 12.3 Å². The molecule has 1 heterocycles. The zero-order valence-electron chi connectivity index (χ0n) is 9.97. The van der Waals surface area contributed by atoms with Gasteiger partial charge in [0.1, 0.15) is 12.1 Å². The van der Waals surface area contributed by atoms with Crippen LogP contribution in [0.2, 0.25) is 0 Å². The number of nitro groups is 1. The van der Waals surface area contributed by atoms with Crippen molar-refractivity contribution in [2.75, 3.05) is 13.2 Å². The number of pyridine rings is 1. The summed E-state index contributed by atoms with van der Waals surface area (Å²) in [5.74, 6) is -1.56. The molecule has 0 aromatic carbocycles. The van der Waals surface area contributed by atoms with E-state index in [1.54, 1.807) is 6.92 Å². The highest BCUT2D eigenvalue weighted by molar-refractivity contribution is 5.96. The number of H-pyrrole nitrogens is 1. The molecule has 1 aromatic heterocycles. The lowest BCUT2D eigenvalue weighted by Crippen LogP contribution is -2.34. The Morgan fingerprint density at radius 3 is 2.79 bits per heavy atom. The lowest BCUT2D eigenvalue weighted by Gasteiger charge is -2.04. The minimum atomic E-state index is -0.891. The minimum Gasteiger partial charge on any atom is -0.465 e. The van der Waals surface area contributed by atoms with Gasteiger partial charge in [0.05, 0.1) is 17.7 Å². The molecule has 0 aliphatic heterocycles. The van der Waals surface area contributed by atoms with Crippen LogP contribution < -0.4 is 10.9 Å². The molecule has 1 rings (SSSR count). The topological polar surface area (TPSA) is 131 Å². The molecule has 0 fully saturated rings. The molecule has 0 atom stereocenters. The van der Waals surface area contributed by atoms with E-state index in [4.69, 9.17) is 0 Å². The minimum absolute atomic E-state index is 0.159.